The number of hydrazine groups is 1. The van der Waals surface area contributed by atoms with Gasteiger partial charge in [0.25, 0.3) is 0 Å². The van der Waals surface area contributed by atoms with Gasteiger partial charge in [0.15, 0.2) is 0 Å². The van der Waals surface area contributed by atoms with Crippen LogP contribution in [0.3, 0.4) is 0 Å². The molecule has 2 rings (SSSR count). The summed E-state index contributed by atoms with van der Waals surface area (Å²) in [5.74, 6) is 6.69. The van der Waals surface area contributed by atoms with Crippen LogP contribution < -0.4 is 11.3 Å². The van der Waals surface area contributed by atoms with E-state index in [-0.39, 0.29) is 6.04 Å². The van der Waals surface area contributed by atoms with E-state index in [9.17, 15) is 0 Å². The molecule has 0 bridgehead atoms. The van der Waals surface area contributed by atoms with E-state index in [4.69, 9.17) is 5.84 Å². The van der Waals surface area contributed by atoms with Gasteiger partial charge in [-0.1, -0.05) is 23.8 Å². The smallest absolute Gasteiger partial charge is 0.138 e. The van der Waals surface area contributed by atoms with Crippen LogP contribution in [0.1, 0.15) is 48.4 Å². The number of aryl methyl sites for hydroxylation is 2. The number of rotatable bonds is 5. The number of hydrogen-bond acceptors (Lipinski definition) is 4. The van der Waals surface area contributed by atoms with Crippen molar-refractivity contribution >= 4 is 0 Å². The minimum Gasteiger partial charge on any atom is -0.271 e. The molecule has 20 heavy (non-hydrogen) atoms. The van der Waals surface area contributed by atoms with Crippen molar-refractivity contribution in [3.63, 3.8) is 0 Å². The van der Waals surface area contributed by atoms with Crippen LogP contribution in [0.4, 0.5) is 0 Å². The summed E-state index contributed by atoms with van der Waals surface area (Å²) in [6.07, 6.45) is 2.32. The maximum absolute atomic E-state index is 5.75. The van der Waals surface area contributed by atoms with Gasteiger partial charge >= 0.3 is 0 Å². The highest BCUT2D eigenvalue weighted by Gasteiger charge is 2.17. The average Bonchev–Trinajstić information content (AvgIpc) is 2.85. The quantitative estimate of drug-likeness (QED) is 0.647. The molecule has 1 aromatic heterocycles. The van der Waals surface area contributed by atoms with E-state index in [1.165, 1.54) is 16.7 Å². The van der Waals surface area contributed by atoms with Crippen molar-refractivity contribution in [2.75, 3.05) is 0 Å². The van der Waals surface area contributed by atoms with Crippen LogP contribution in [0.2, 0.25) is 0 Å². The summed E-state index contributed by atoms with van der Waals surface area (Å²) >= 11 is 0. The van der Waals surface area contributed by atoms with Crippen LogP contribution >= 0.6 is 0 Å². The van der Waals surface area contributed by atoms with Crippen LogP contribution in [-0.4, -0.2) is 14.8 Å². The van der Waals surface area contributed by atoms with Gasteiger partial charge in [-0.15, -0.1) is 0 Å². The minimum absolute atomic E-state index is 0.0392. The van der Waals surface area contributed by atoms with Crippen molar-refractivity contribution < 1.29 is 0 Å². The molecule has 1 heterocycles. The third-order valence-electron chi connectivity index (χ3n) is 3.52. The Morgan fingerprint density at radius 2 is 2.05 bits per heavy atom. The van der Waals surface area contributed by atoms with Gasteiger partial charge in [0.2, 0.25) is 0 Å². The van der Waals surface area contributed by atoms with Gasteiger partial charge in [0.05, 0.1) is 6.04 Å². The fourth-order valence-electron chi connectivity index (χ4n) is 2.51. The highest BCUT2D eigenvalue weighted by Crippen LogP contribution is 2.22. The van der Waals surface area contributed by atoms with Gasteiger partial charge < -0.3 is 0 Å². The van der Waals surface area contributed by atoms with Gasteiger partial charge in [0.1, 0.15) is 12.2 Å². The summed E-state index contributed by atoms with van der Waals surface area (Å²) in [5, 5.41) is 4.27. The standard InChI is InChI=1S/C15H23N5/c1-10(2)20-15(17-9-18-20)8-14(19-16)13-6-5-11(3)7-12(13)4/h5-7,9-10,14,19H,8,16H2,1-4H3. The fraction of sp³-hybridized carbons (Fsp3) is 0.467. The number of nitrogens with two attached hydrogens (primary N) is 1. The number of benzene rings is 1. The first-order valence-corrected chi connectivity index (χ1v) is 6.94. The summed E-state index contributed by atoms with van der Waals surface area (Å²) in [7, 11) is 0. The van der Waals surface area contributed by atoms with E-state index in [0.29, 0.717) is 6.04 Å². The van der Waals surface area contributed by atoms with Gasteiger partial charge in [-0.25, -0.2) is 9.67 Å². The van der Waals surface area contributed by atoms with Crippen molar-refractivity contribution in [3.8, 4) is 0 Å². The predicted molar refractivity (Wildman–Crippen MR) is 80.1 cm³/mol. The van der Waals surface area contributed by atoms with Crippen molar-refractivity contribution in [2.24, 2.45) is 5.84 Å². The van der Waals surface area contributed by atoms with E-state index >= 15 is 0 Å². The highest BCUT2D eigenvalue weighted by atomic mass is 15.3. The molecule has 1 unspecified atom stereocenters. The topological polar surface area (TPSA) is 68.8 Å². The lowest BCUT2D eigenvalue weighted by molar-refractivity contribution is 0.468. The molecule has 0 radical (unpaired) electrons. The van der Waals surface area contributed by atoms with E-state index < -0.39 is 0 Å². The first kappa shape index (κ1) is 14.7. The second-order valence-corrected chi connectivity index (χ2v) is 5.50. The number of hydrogen-bond donors (Lipinski definition) is 2. The first-order valence-electron chi connectivity index (χ1n) is 6.94. The van der Waals surface area contributed by atoms with Gasteiger partial charge in [0, 0.05) is 12.5 Å². The maximum atomic E-state index is 5.75. The molecule has 0 aliphatic heterocycles. The summed E-state index contributed by atoms with van der Waals surface area (Å²) in [5.41, 5.74) is 6.60. The molecule has 0 amide bonds. The number of aromatic nitrogens is 3. The van der Waals surface area contributed by atoms with Gasteiger partial charge in [-0.2, -0.15) is 5.10 Å². The normalized spacial score (nSPS) is 12.9. The van der Waals surface area contributed by atoms with Crippen molar-refractivity contribution in [3.05, 3.63) is 47.0 Å². The predicted octanol–water partition coefficient (Wildman–Crippen LogP) is 2.22. The monoisotopic (exact) mass is 273 g/mol. The molecule has 1 atom stereocenters. The van der Waals surface area contributed by atoms with Crippen LogP contribution in [-0.2, 0) is 6.42 Å². The van der Waals surface area contributed by atoms with Crippen LogP contribution in [0, 0.1) is 13.8 Å². The minimum atomic E-state index is 0.0392. The Hall–Kier alpha value is -1.72. The Labute approximate surface area is 120 Å². The zero-order valence-corrected chi connectivity index (χ0v) is 12.6. The molecule has 3 N–H and O–H groups in total. The second-order valence-electron chi connectivity index (χ2n) is 5.50. The third kappa shape index (κ3) is 3.05. The molecule has 0 aliphatic rings. The lowest BCUT2D eigenvalue weighted by Gasteiger charge is -2.19. The fourth-order valence-corrected chi connectivity index (χ4v) is 2.51. The van der Waals surface area contributed by atoms with E-state index in [2.05, 4.69) is 61.4 Å². The summed E-state index contributed by atoms with van der Waals surface area (Å²) in [6.45, 7) is 8.40. The molecular formula is C15H23N5. The van der Waals surface area contributed by atoms with Gasteiger partial charge in [-0.05, 0) is 38.8 Å². The summed E-state index contributed by atoms with van der Waals surface area (Å²) < 4.78 is 1.94. The van der Waals surface area contributed by atoms with Crippen LogP contribution in [0.5, 0.6) is 0 Å². The van der Waals surface area contributed by atoms with Crippen LogP contribution in [0.15, 0.2) is 24.5 Å². The van der Waals surface area contributed by atoms with E-state index in [0.717, 1.165) is 12.2 Å². The zero-order chi connectivity index (χ0) is 14.7. The molecule has 0 fully saturated rings. The molecule has 2 aromatic rings. The molecule has 0 saturated carbocycles. The Morgan fingerprint density at radius 3 is 2.65 bits per heavy atom. The second kappa shape index (κ2) is 6.15. The largest absolute Gasteiger partial charge is 0.271 e. The Morgan fingerprint density at radius 1 is 1.30 bits per heavy atom. The highest BCUT2D eigenvalue weighted by molar-refractivity contribution is 5.33. The molecule has 0 spiro atoms. The number of nitrogens with one attached hydrogen (secondary N) is 1. The van der Waals surface area contributed by atoms with E-state index in [1.54, 1.807) is 6.33 Å². The third-order valence-corrected chi connectivity index (χ3v) is 3.52. The van der Waals surface area contributed by atoms with Crippen molar-refractivity contribution in [2.45, 2.75) is 46.2 Å². The summed E-state index contributed by atoms with van der Waals surface area (Å²) in [4.78, 5) is 4.35. The van der Waals surface area contributed by atoms with Crippen molar-refractivity contribution in [1.82, 2.24) is 20.2 Å². The number of nitrogens with zero attached hydrogens (tertiary/aromatic N) is 3. The first-order chi connectivity index (χ1) is 9.52. The molecule has 0 saturated heterocycles. The Balaban J connectivity index is 2.27. The molecular weight excluding hydrogens is 250 g/mol. The Bertz CT molecular complexity index is 573. The lowest BCUT2D eigenvalue weighted by atomic mass is 9.97. The maximum Gasteiger partial charge on any atom is 0.138 e. The Kier molecular flexibility index (Phi) is 4.52. The SMILES string of the molecule is Cc1ccc(C(Cc2ncnn2C(C)C)NN)c(C)c1. The van der Waals surface area contributed by atoms with E-state index in [1.807, 2.05) is 4.68 Å². The van der Waals surface area contributed by atoms with Crippen LogP contribution in [0.25, 0.3) is 0 Å². The molecule has 1 aromatic carbocycles. The molecule has 108 valence electrons. The van der Waals surface area contributed by atoms with Gasteiger partial charge in [-0.3, -0.25) is 11.3 Å². The summed E-state index contributed by atoms with van der Waals surface area (Å²) in [6, 6.07) is 6.75. The molecule has 5 heteroatoms. The lowest BCUT2D eigenvalue weighted by Crippen LogP contribution is -2.31. The average molecular weight is 273 g/mol. The molecule has 5 nitrogen and oxygen atoms in total. The molecule has 0 aliphatic carbocycles. The van der Waals surface area contributed by atoms with Crippen molar-refractivity contribution in [1.29, 1.82) is 0 Å². The zero-order valence-electron chi connectivity index (χ0n) is 12.6.